The number of carbonyl (C=O) groups excluding carboxylic acids is 3. The number of methoxy groups -OCH3 is 1. The molecule has 0 aliphatic carbocycles. The van der Waals surface area contributed by atoms with Crippen molar-refractivity contribution in [1.82, 2.24) is 4.90 Å². The van der Waals surface area contributed by atoms with Gasteiger partial charge in [-0.25, -0.2) is 0 Å². The zero-order valence-electron chi connectivity index (χ0n) is 19.9. The van der Waals surface area contributed by atoms with Crippen LogP contribution in [0.25, 0.3) is 0 Å². The number of fused-ring (bicyclic) bond motifs is 2. The van der Waals surface area contributed by atoms with E-state index in [-0.39, 0.29) is 32.2 Å². The highest BCUT2D eigenvalue weighted by Gasteiger charge is 2.74. The molecule has 2 saturated heterocycles. The SMILES string of the molecule is COc1ccc(N2CC=C[C@]34O[C@@]5(C)/C=C\CCCOC(=O)[C@H]5[C@H]3C(=O)N(CCO)C4C2=O)cc1. The summed E-state index contributed by atoms with van der Waals surface area (Å²) in [5, 5.41) is 9.75. The van der Waals surface area contributed by atoms with Gasteiger partial charge in [-0.05, 0) is 44.0 Å². The predicted molar refractivity (Wildman–Crippen MR) is 126 cm³/mol. The third kappa shape index (κ3) is 3.56. The zero-order chi connectivity index (χ0) is 24.8. The molecule has 35 heavy (non-hydrogen) atoms. The molecule has 2 fully saturated rings. The van der Waals surface area contributed by atoms with Crippen LogP contribution in [0.3, 0.4) is 0 Å². The molecule has 1 aromatic carbocycles. The maximum Gasteiger partial charge on any atom is 0.313 e. The Morgan fingerprint density at radius 3 is 2.57 bits per heavy atom. The molecule has 0 bridgehead atoms. The smallest absolute Gasteiger partial charge is 0.313 e. The number of hydrogen-bond acceptors (Lipinski definition) is 7. The van der Waals surface area contributed by atoms with Gasteiger partial charge in [0.2, 0.25) is 5.91 Å². The van der Waals surface area contributed by atoms with Crippen LogP contribution in [0.4, 0.5) is 5.69 Å². The number of esters is 1. The van der Waals surface area contributed by atoms with Gasteiger partial charge in [0.25, 0.3) is 5.91 Å². The van der Waals surface area contributed by atoms with Crippen LogP contribution >= 0.6 is 0 Å². The number of carbonyl (C=O) groups is 3. The molecule has 0 aromatic heterocycles. The van der Waals surface area contributed by atoms with E-state index in [2.05, 4.69) is 0 Å². The Kier molecular flexibility index (Phi) is 5.93. The van der Waals surface area contributed by atoms with E-state index in [1.807, 2.05) is 18.2 Å². The van der Waals surface area contributed by atoms with Crippen LogP contribution < -0.4 is 9.64 Å². The Morgan fingerprint density at radius 2 is 1.86 bits per heavy atom. The Balaban J connectivity index is 1.62. The Bertz CT molecular complexity index is 1080. The number of aliphatic hydroxyl groups excluding tert-OH is 1. The first-order chi connectivity index (χ1) is 16.9. The minimum atomic E-state index is -1.37. The molecule has 0 saturated carbocycles. The minimum Gasteiger partial charge on any atom is -0.497 e. The third-order valence-corrected chi connectivity index (χ3v) is 7.48. The van der Waals surface area contributed by atoms with Crippen LogP contribution in [-0.4, -0.2) is 78.4 Å². The monoisotopic (exact) mass is 482 g/mol. The lowest BCUT2D eigenvalue weighted by Crippen LogP contribution is -2.56. The molecular formula is C26H30N2O7. The van der Waals surface area contributed by atoms with Crippen LogP contribution in [0.2, 0.25) is 0 Å². The molecule has 4 aliphatic heterocycles. The lowest BCUT2D eigenvalue weighted by Gasteiger charge is -2.37. The molecule has 1 N–H and O–H groups in total. The van der Waals surface area contributed by atoms with Gasteiger partial charge in [0.15, 0.2) is 0 Å². The molecule has 1 aromatic rings. The summed E-state index contributed by atoms with van der Waals surface area (Å²) in [6.07, 6.45) is 8.76. The average Bonchev–Trinajstić information content (AvgIpc) is 3.19. The second-order valence-electron chi connectivity index (χ2n) is 9.51. The van der Waals surface area contributed by atoms with Gasteiger partial charge >= 0.3 is 5.97 Å². The lowest BCUT2D eigenvalue weighted by molar-refractivity contribution is -0.158. The number of nitrogens with zero attached hydrogens (tertiary/aromatic N) is 2. The summed E-state index contributed by atoms with van der Waals surface area (Å²) in [6, 6.07) is 6.05. The summed E-state index contributed by atoms with van der Waals surface area (Å²) in [6.45, 7) is 1.93. The Morgan fingerprint density at radius 1 is 1.09 bits per heavy atom. The van der Waals surface area contributed by atoms with E-state index in [4.69, 9.17) is 14.2 Å². The fraction of sp³-hybridized carbons (Fsp3) is 0.500. The third-order valence-electron chi connectivity index (χ3n) is 7.48. The highest BCUT2D eigenvalue weighted by Crippen LogP contribution is 2.57. The van der Waals surface area contributed by atoms with Crippen molar-refractivity contribution in [3.63, 3.8) is 0 Å². The number of amides is 2. The van der Waals surface area contributed by atoms with Crippen LogP contribution in [0, 0.1) is 11.8 Å². The number of β-amino-alcohol motifs (C(OH)–C–C–N with tert-alkyl or cyclic N) is 1. The molecule has 4 heterocycles. The number of cyclic esters (lactones) is 1. The number of aliphatic hydroxyl groups is 1. The number of allylic oxidation sites excluding steroid dienone is 1. The molecule has 5 atom stereocenters. The first-order valence-corrected chi connectivity index (χ1v) is 12.0. The van der Waals surface area contributed by atoms with E-state index >= 15 is 0 Å². The normalized spacial score (nSPS) is 35.3. The van der Waals surface area contributed by atoms with Crippen molar-refractivity contribution in [1.29, 1.82) is 0 Å². The summed E-state index contributed by atoms with van der Waals surface area (Å²) >= 11 is 0. The Labute approximate surface area is 203 Å². The molecule has 4 aliphatic rings. The molecule has 186 valence electrons. The molecule has 9 heteroatoms. The highest BCUT2D eigenvalue weighted by molar-refractivity contribution is 6.05. The van der Waals surface area contributed by atoms with Gasteiger partial charge in [-0.15, -0.1) is 0 Å². The number of hydrogen-bond donors (Lipinski definition) is 1. The number of ether oxygens (including phenoxy) is 3. The summed E-state index contributed by atoms with van der Waals surface area (Å²) in [7, 11) is 1.57. The first-order valence-electron chi connectivity index (χ1n) is 12.0. The van der Waals surface area contributed by atoms with Crippen molar-refractivity contribution in [3.8, 4) is 5.75 Å². The lowest BCUT2D eigenvalue weighted by atomic mass is 9.74. The number of benzene rings is 1. The molecule has 1 spiro atoms. The highest BCUT2D eigenvalue weighted by atomic mass is 16.6. The summed E-state index contributed by atoms with van der Waals surface area (Å²) in [5.41, 5.74) is -1.85. The molecule has 5 rings (SSSR count). The number of anilines is 1. The first kappa shape index (κ1) is 23.6. The second kappa shape index (κ2) is 8.80. The Hall–Kier alpha value is -3.17. The zero-order valence-corrected chi connectivity index (χ0v) is 19.9. The maximum absolute atomic E-state index is 14.1. The number of likely N-dealkylation sites (tertiary alicyclic amines) is 1. The average molecular weight is 483 g/mol. The van der Waals surface area contributed by atoms with Crippen LogP contribution in [0.5, 0.6) is 5.75 Å². The van der Waals surface area contributed by atoms with Gasteiger partial charge in [0.1, 0.15) is 23.3 Å². The fourth-order valence-electron chi connectivity index (χ4n) is 5.98. The van der Waals surface area contributed by atoms with Gasteiger partial charge in [-0.2, -0.15) is 0 Å². The van der Waals surface area contributed by atoms with Crippen LogP contribution in [0.1, 0.15) is 19.8 Å². The summed E-state index contributed by atoms with van der Waals surface area (Å²) in [4.78, 5) is 44.1. The second-order valence-corrected chi connectivity index (χ2v) is 9.51. The van der Waals surface area contributed by atoms with Crippen LogP contribution in [-0.2, 0) is 23.9 Å². The summed E-state index contributed by atoms with van der Waals surface area (Å²) < 4.78 is 17.4. The molecular weight excluding hydrogens is 452 g/mol. The fourth-order valence-corrected chi connectivity index (χ4v) is 5.98. The minimum absolute atomic E-state index is 0.0462. The van der Waals surface area contributed by atoms with Crippen molar-refractivity contribution in [2.24, 2.45) is 11.8 Å². The van der Waals surface area contributed by atoms with Crippen molar-refractivity contribution < 1.29 is 33.7 Å². The van der Waals surface area contributed by atoms with Gasteiger partial charge in [-0.1, -0.05) is 24.3 Å². The van der Waals surface area contributed by atoms with Crippen molar-refractivity contribution in [2.75, 3.05) is 38.3 Å². The molecule has 0 radical (unpaired) electrons. The largest absolute Gasteiger partial charge is 0.497 e. The van der Waals surface area contributed by atoms with Crippen molar-refractivity contribution >= 4 is 23.5 Å². The maximum atomic E-state index is 14.1. The van der Waals surface area contributed by atoms with E-state index in [9.17, 15) is 19.5 Å². The van der Waals surface area contributed by atoms with Crippen LogP contribution in [0.15, 0.2) is 48.6 Å². The van der Waals surface area contributed by atoms with E-state index in [0.717, 1.165) is 0 Å². The van der Waals surface area contributed by atoms with E-state index in [0.29, 0.717) is 24.3 Å². The predicted octanol–water partition coefficient (Wildman–Crippen LogP) is 1.45. The standard InChI is InChI=1S/C26H30N2O7/c1-25-11-4-3-5-16-34-24(32)20(25)19-22(30)28(14-15-29)21-23(31)27(13-6-12-26(19,21)35-25)17-7-9-18(33-2)10-8-17/h4,6-12,19-21,29H,3,5,13-16H2,1-2H3/b11-4-/t19-,20+,21?,25-,26-/m0/s1. The van der Waals surface area contributed by atoms with E-state index < -0.39 is 41.0 Å². The quantitative estimate of drug-likeness (QED) is 0.512. The number of rotatable bonds is 4. The van der Waals surface area contributed by atoms with Gasteiger partial charge in [-0.3, -0.25) is 14.4 Å². The topological polar surface area (TPSA) is 106 Å². The van der Waals surface area contributed by atoms with Gasteiger partial charge < -0.3 is 29.1 Å². The van der Waals surface area contributed by atoms with Crippen molar-refractivity contribution in [3.05, 3.63) is 48.6 Å². The summed E-state index contributed by atoms with van der Waals surface area (Å²) in [5.74, 6) is -2.44. The molecule has 9 nitrogen and oxygen atoms in total. The molecule has 1 unspecified atom stereocenters. The molecule has 2 amide bonds. The van der Waals surface area contributed by atoms with Gasteiger partial charge in [0.05, 0.1) is 31.8 Å². The van der Waals surface area contributed by atoms with Crippen molar-refractivity contribution in [2.45, 2.75) is 37.0 Å². The van der Waals surface area contributed by atoms with Gasteiger partial charge in [0, 0.05) is 18.8 Å². The van der Waals surface area contributed by atoms with E-state index in [1.54, 1.807) is 49.3 Å². The van der Waals surface area contributed by atoms with E-state index in [1.165, 1.54) is 4.90 Å².